The van der Waals surface area contributed by atoms with Crippen molar-refractivity contribution in [2.24, 2.45) is 0 Å². The molecule has 4 amide bonds. The molecule has 0 radical (unpaired) electrons. The SMILES string of the molecule is CN(Cc1ccccc1)C(=O)[C@H](Cc1ccc2ccccc2c1)NC(=O)[C@@H]1CCCN1C(=O)Nc1ccccc1C(=O)O. The van der Waals surface area contributed by atoms with Crippen LogP contribution in [0.25, 0.3) is 10.8 Å². The Kier molecular flexibility index (Phi) is 9.00. The summed E-state index contributed by atoms with van der Waals surface area (Å²) in [6.45, 7) is 0.709. The van der Waals surface area contributed by atoms with Gasteiger partial charge >= 0.3 is 12.0 Å². The predicted molar refractivity (Wildman–Crippen MR) is 165 cm³/mol. The number of likely N-dealkylation sites (N-methyl/N-ethyl adjacent to an activating group) is 1. The van der Waals surface area contributed by atoms with Gasteiger partial charge in [-0.15, -0.1) is 0 Å². The van der Waals surface area contributed by atoms with Crippen molar-refractivity contribution in [2.75, 3.05) is 18.9 Å². The van der Waals surface area contributed by atoms with E-state index in [1.165, 1.54) is 17.0 Å². The minimum absolute atomic E-state index is 0.0430. The number of rotatable bonds is 9. The zero-order valence-electron chi connectivity index (χ0n) is 23.9. The van der Waals surface area contributed by atoms with Crippen molar-refractivity contribution in [3.63, 3.8) is 0 Å². The van der Waals surface area contributed by atoms with Gasteiger partial charge in [-0.25, -0.2) is 9.59 Å². The molecule has 0 aliphatic carbocycles. The fourth-order valence-electron chi connectivity index (χ4n) is 5.52. The van der Waals surface area contributed by atoms with Crippen LogP contribution >= 0.6 is 0 Å². The molecule has 0 unspecified atom stereocenters. The van der Waals surface area contributed by atoms with Crippen molar-refractivity contribution in [1.82, 2.24) is 15.1 Å². The van der Waals surface area contributed by atoms with Crippen LogP contribution in [0.15, 0.2) is 97.1 Å². The van der Waals surface area contributed by atoms with Gasteiger partial charge in [0.25, 0.3) is 0 Å². The highest BCUT2D eigenvalue weighted by molar-refractivity contribution is 6.01. The number of hydrogen-bond acceptors (Lipinski definition) is 4. The molecule has 5 rings (SSSR count). The molecule has 9 nitrogen and oxygen atoms in total. The summed E-state index contributed by atoms with van der Waals surface area (Å²) < 4.78 is 0. The molecule has 1 fully saturated rings. The first-order chi connectivity index (χ1) is 20.8. The van der Waals surface area contributed by atoms with E-state index in [4.69, 9.17) is 0 Å². The van der Waals surface area contributed by atoms with Crippen LogP contribution in [0, 0.1) is 0 Å². The van der Waals surface area contributed by atoms with E-state index in [1.54, 1.807) is 24.1 Å². The number of benzene rings is 4. The first-order valence-corrected chi connectivity index (χ1v) is 14.3. The van der Waals surface area contributed by atoms with Gasteiger partial charge in [0, 0.05) is 26.6 Å². The van der Waals surface area contributed by atoms with Gasteiger partial charge in [0.15, 0.2) is 0 Å². The highest BCUT2D eigenvalue weighted by Crippen LogP contribution is 2.22. The third-order valence-electron chi connectivity index (χ3n) is 7.72. The normalized spacial score (nSPS) is 15.1. The zero-order chi connectivity index (χ0) is 30.3. The largest absolute Gasteiger partial charge is 0.478 e. The molecule has 3 N–H and O–H groups in total. The Morgan fingerprint density at radius 1 is 0.884 bits per heavy atom. The second kappa shape index (κ2) is 13.2. The molecule has 2 atom stereocenters. The van der Waals surface area contributed by atoms with E-state index >= 15 is 0 Å². The van der Waals surface area contributed by atoms with E-state index < -0.39 is 30.0 Å². The number of fused-ring (bicyclic) bond motifs is 1. The summed E-state index contributed by atoms with van der Waals surface area (Å²) in [5, 5.41) is 17.2. The van der Waals surface area contributed by atoms with Crippen LogP contribution < -0.4 is 10.6 Å². The Morgan fingerprint density at radius 3 is 2.35 bits per heavy atom. The monoisotopic (exact) mass is 578 g/mol. The molecular weight excluding hydrogens is 544 g/mol. The average Bonchev–Trinajstić information content (AvgIpc) is 3.52. The van der Waals surface area contributed by atoms with Crippen LogP contribution in [0.2, 0.25) is 0 Å². The van der Waals surface area contributed by atoms with Crippen LogP contribution in [-0.4, -0.2) is 64.4 Å². The minimum atomic E-state index is -1.17. The third kappa shape index (κ3) is 7.01. The number of carbonyl (C=O) groups is 4. The number of carbonyl (C=O) groups excluding carboxylic acids is 3. The molecule has 0 aromatic heterocycles. The van der Waals surface area contributed by atoms with Gasteiger partial charge in [-0.1, -0.05) is 84.9 Å². The molecule has 1 saturated heterocycles. The molecule has 0 bridgehead atoms. The van der Waals surface area contributed by atoms with Gasteiger partial charge < -0.3 is 25.5 Å². The van der Waals surface area contributed by atoms with E-state index in [0.717, 1.165) is 21.9 Å². The summed E-state index contributed by atoms with van der Waals surface area (Å²) >= 11 is 0. The van der Waals surface area contributed by atoms with E-state index in [-0.39, 0.29) is 23.6 Å². The van der Waals surface area contributed by atoms with Gasteiger partial charge in [0.05, 0.1) is 11.3 Å². The predicted octanol–water partition coefficient (Wildman–Crippen LogP) is 4.92. The standard InChI is InChI=1S/C34H34N4O5/c1-37(22-23-10-3-2-4-11-23)32(40)29(21-24-17-18-25-12-5-6-13-26(25)20-24)35-31(39)30-16-9-19-38(30)34(43)36-28-15-8-7-14-27(28)33(41)42/h2-8,10-15,17-18,20,29-30H,9,16,19,21-22H2,1H3,(H,35,39)(H,36,43)(H,41,42)/t29-,30-/m0/s1. The summed E-state index contributed by atoms with van der Waals surface area (Å²) in [6.07, 6.45) is 1.30. The summed E-state index contributed by atoms with van der Waals surface area (Å²) in [7, 11) is 1.71. The Balaban J connectivity index is 1.35. The molecule has 43 heavy (non-hydrogen) atoms. The average molecular weight is 579 g/mol. The lowest BCUT2D eigenvalue weighted by atomic mass is 10.00. The smallest absolute Gasteiger partial charge is 0.337 e. The number of likely N-dealkylation sites (tertiary alicyclic amines) is 1. The Morgan fingerprint density at radius 2 is 1.58 bits per heavy atom. The van der Waals surface area contributed by atoms with Gasteiger partial charge in [-0.2, -0.15) is 0 Å². The quantitative estimate of drug-likeness (QED) is 0.261. The fourth-order valence-corrected chi connectivity index (χ4v) is 5.52. The second-order valence-electron chi connectivity index (χ2n) is 10.8. The highest BCUT2D eigenvalue weighted by atomic mass is 16.4. The van der Waals surface area contributed by atoms with Crippen molar-refractivity contribution in [3.8, 4) is 0 Å². The minimum Gasteiger partial charge on any atom is -0.478 e. The third-order valence-corrected chi connectivity index (χ3v) is 7.72. The van der Waals surface area contributed by atoms with Crippen LogP contribution in [0.1, 0.15) is 34.3 Å². The van der Waals surface area contributed by atoms with Gasteiger partial charge in [0.2, 0.25) is 11.8 Å². The van der Waals surface area contributed by atoms with E-state index in [0.29, 0.717) is 25.9 Å². The Hall–Kier alpha value is -5.18. The van der Waals surface area contributed by atoms with Crippen molar-refractivity contribution in [2.45, 2.75) is 37.9 Å². The van der Waals surface area contributed by atoms with Crippen LogP contribution in [0.3, 0.4) is 0 Å². The van der Waals surface area contributed by atoms with E-state index in [9.17, 15) is 24.3 Å². The summed E-state index contributed by atoms with van der Waals surface area (Å²) in [5.74, 6) is -1.83. The fraction of sp³-hybridized carbons (Fsp3) is 0.235. The lowest BCUT2D eigenvalue weighted by Crippen LogP contribution is -2.54. The maximum absolute atomic E-state index is 13.8. The van der Waals surface area contributed by atoms with Crippen molar-refractivity contribution in [1.29, 1.82) is 0 Å². The lowest BCUT2D eigenvalue weighted by molar-refractivity contribution is -0.136. The number of nitrogens with zero attached hydrogens (tertiary/aromatic N) is 2. The van der Waals surface area contributed by atoms with Crippen molar-refractivity contribution < 1.29 is 24.3 Å². The van der Waals surface area contributed by atoms with Crippen LogP contribution in [-0.2, 0) is 22.6 Å². The first kappa shape index (κ1) is 29.3. The first-order valence-electron chi connectivity index (χ1n) is 14.3. The maximum atomic E-state index is 13.8. The number of anilines is 1. The number of aromatic carboxylic acids is 1. The van der Waals surface area contributed by atoms with Crippen LogP contribution in [0.5, 0.6) is 0 Å². The topological polar surface area (TPSA) is 119 Å². The van der Waals surface area contributed by atoms with Crippen LogP contribution in [0.4, 0.5) is 10.5 Å². The molecule has 220 valence electrons. The number of para-hydroxylation sites is 1. The zero-order valence-corrected chi connectivity index (χ0v) is 23.9. The van der Waals surface area contributed by atoms with Crippen molar-refractivity contribution >= 4 is 40.3 Å². The van der Waals surface area contributed by atoms with E-state index in [2.05, 4.69) is 10.6 Å². The highest BCUT2D eigenvalue weighted by Gasteiger charge is 2.37. The molecule has 0 saturated carbocycles. The molecular formula is C34H34N4O5. The molecule has 1 heterocycles. The van der Waals surface area contributed by atoms with Gasteiger partial charge in [0.1, 0.15) is 12.1 Å². The molecule has 4 aromatic carbocycles. The number of urea groups is 1. The molecule has 9 heteroatoms. The maximum Gasteiger partial charge on any atom is 0.337 e. The number of amides is 4. The summed E-state index contributed by atoms with van der Waals surface area (Å²) in [5.41, 5.74) is 1.97. The number of hydrogen-bond donors (Lipinski definition) is 3. The second-order valence-corrected chi connectivity index (χ2v) is 10.8. The van der Waals surface area contributed by atoms with Gasteiger partial charge in [-0.3, -0.25) is 9.59 Å². The number of nitrogens with one attached hydrogen (secondary N) is 2. The van der Waals surface area contributed by atoms with E-state index in [1.807, 2.05) is 72.8 Å². The Labute approximate surface area is 250 Å². The van der Waals surface area contributed by atoms with Crippen molar-refractivity contribution in [3.05, 3.63) is 114 Å². The summed E-state index contributed by atoms with van der Waals surface area (Å²) in [6, 6.07) is 27.5. The molecule has 4 aromatic rings. The molecule has 1 aliphatic rings. The molecule has 1 aliphatic heterocycles. The molecule has 0 spiro atoms. The summed E-state index contributed by atoms with van der Waals surface area (Å²) in [4.78, 5) is 55.3. The lowest BCUT2D eigenvalue weighted by Gasteiger charge is -2.29. The Bertz CT molecular complexity index is 1640. The number of carboxylic acids is 1. The van der Waals surface area contributed by atoms with Gasteiger partial charge in [-0.05, 0) is 46.9 Å². The number of carboxylic acid groups (broad SMARTS) is 1.